The topological polar surface area (TPSA) is 51.7 Å². The van der Waals surface area contributed by atoms with Gasteiger partial charge < -0.3 is 9.88 Å². The van der Waals surface area contributed by atoms with E-state index in [1.165, 1.54) is 5.56 Å². The summed E-state index contributed by atoms with van der Waals surface area (Å²) in [7, 11) is 5.29. The summed E-state index contributed by atoms with van der Waals surface area (Å²) < 4.78 is 0. The Balaban J connectivity index is 2.07. The first kappa shape index (κ1) is 14.4. The number of hydrogen-bond acceptors (Lipinski definition) is 2. The SMILES string of the molecule is CCc1ccc2c(/C=C3\C(=O)N(C)/C(=N\C)N3C)c[nH]c2c1. The molecule has 5 heteroatoms. The second-order valence-corrected chi connectivity index (χ2v) is 5.45. The Bertz CT molecular complexity index is 800. The van der Waals surface area contributed by atoms with Gasteiger partial charge in [0, 0.05) is 43.8 Å². The molecule has 1 N–H and O–H groups in total. The van der Waals surface area contributed by atoms with Gasteiger partial charge in [-0.3, -0.25) is 14.7 Å². The highest BCUT2D eigenvalue weighted by Gasteiger charge is 2.33. The fourth-order valence-electron chi connectivity index (χ4n) is 2.88. The van der Waals surface area contributed by atoms with Gasteiger partial charge in [0.1, 0.15) is 5.70 Å². The van der Waals surface area contributed by atoms with Gasteiger partial charge in [-0.05, 0) is 24.1 Å². The summed E-state index contributed by atoms with van der Waals surface area (Å²) in [5, 5.41) is 1.12. The molecule has 3 rings (SSSR count). The van der Waals surface area contributed by atoms with Crippen LogP contribution >= 0.6 is 0 Å². The van der Waals surface area contributed by atoms with Crippen molar-refractivity contribution in [3.05, 3.63) is 41.2 Å². The summed E-state index contributed by atoms with van der Waals surface area (Å²) >= 11 is 0. The van der Waals surface area contributed by atoms with E-state index in [0.29, 0.717) is 11.7 Å². The summed E-state index contributed by atoms with van der Waals surface area (Å²) in [5.74, 6) is 0.618. The predicted octanol–water partition coefficient (Wildman–Crippen LogP) is 2.46. The number of benzene rings is 1. The first-order valence-electron chi connectivity index (χ1n) is 7.37. The molecular weight excluding hydrogens is 276 g/mol. The molecule has 0 saturated carbocycles. The fraction of sp³-hybridized carbons (Fsp3) is 0.294. The summed E-state index contributed by atoms with van der Waals surface area (Å²) in [6.45, 7) is 2.14. The molecule has 0 spiro atoms. The van der Waals surface area contributed by atoms with E-state index in [0.717, 1.165) is 22.9 Å². The van der Waals surface area contributed by atoms with Crippen molar-refractivity contribution < 1.29 is 4.79 Å². The molecular formula is C17H20N4O. The minimum Gasteiger partial charge on any atom is -0.361 e. The zero-order valence-electron chi connectivity index (χ0n) is 13.3. The third-order valence-electron chi connectivity index (χ3n) is 4.16. The van der Waals surface area contributed by atoms with E-state index in [2.05, 4.69) is 35.1 Å². The van der Waals surface area contributed by atoms with Crippen LogP contribution in [0.2, 0.25) is 0 Å². The maximum absolute atomic E-state index is 12.4. The molecule has 1 fully saturated rings. The van der Waals surface area contributed by atoms with E-state index >= 15 is 0 Å². The molecule has 2 aromatic rings. The molecule has 0 bridgehead atoms. The van der Waals surface area contributed by atoms with Crippen LogP contribution in [0.5, 0.6) is 0 Å². The molecule has 114 valence electrons. The minimum atomic E-state index is -0.0392. The number of carbonyl (C=O) groups is 1. The highest BCUT2D eigenvalue weighted by Crippen LogP contribution is 2.25. The number of nitrogens with zero attached hydrogens (tertiary/aromatic N) is 3. The Labute approximate surface area is 129 Å². The van der Waals surface area contributed by atoms with Crippen molar-refractivity contribution in [3.63, 3.8) is 0 Å². The van der Waals surface area contributed by atoms with Gasteiger partial charge in [0.05, 0.1) is 0 Å². The molecule has 1 aromatic carbocycles. The quantitative estimate of drug-likeness (QED) is 0.866. The van der Waals surface area contributed by atoms with Crippen molar-refractivity contribution in [2.75, 3.05) is 21.1 Å². The Hall–Kier alpha value is -2.56. The van der Waals surface area contributed by atoms with Crippen LogP contribution in [0.4, 0.5) is 0 Å². The first-order valence-corrected chi connectivity index (χ1v) is 7.37. The molecule has 0 aliphatic carbocycles. The van der Waals surface area contributed by atoms with Gasteiger partial charge in [0.25, 0.3) is 5.91 Å². The number of carbonyl (C=O) groups excluding carboxylic acids is 1. The monoisotopic (exact) mass is 296 g/mol. The number of aromatic amines is 1. The van der Waals surface area contributed by atoms with Gasteiger partial charge in [0.15, 0.2) is 0 Å². The summed E-state index contributed by atoms with van der Waals surface area (Å²) in [5.41, 5.74) is 4.03. The Kier molecular flexibility index (Phi) is 3.48. The molecule has 5 nitrogen and oxygen atoms in total. The number of aliphatic imine (C=N–C) groups is 1. The van der Waals surface area contributed by atoms with E-state index in [1.807, 2.05) is 24.2 Å². The van der Waals surface area contributed by atoms with E-state index in [4.69, 9.17) is 0 Å². The largest absolute Gasteiger partial charge is 0.361 e. The molecule has 0 radical (unpaired) electrons. The van der Waals surface area contributed by atoms with Crippen molar-refractivity contribution in [2.45, 2.75) is 13.3 Å². The number of amides is 1. The van der Waals surface area contributed by atoms with Crippen LogP contribution < -0.4 is 0 Å². The van der Waals surface area contributed by atoms with Crippen molar-refractivity contribution in [3.8, 4) is 0 Å². The molecule has 2 heterocycles. The van der Waals surface area contributed by atoms with E-state index < -0.39 is 0 Å². The van der Waals surface area contributed by atoms with Crippen LogP contribution in [0.3, 0.4) is 0 Å². The average Bonchev–Trinajstić information content (AvgIpc) is 3.02. The lowest BCUT2D eigenvalue weighted by Crippen LogP contribution is -2.29. The van der Waals surface area contributed by atoms with Crippen LogP contribution in [-0.2, 0) is 11.2 Å². The molecule has 0 atom stereocenters. The smallest absolute Gasteiger partial charge is 0.277 e. The van der Waals surface area contributed by atoms with Gasteiger partial charge >= 0.3 is 0 Å². The summed E-state index contributed by atoms with van der Waals surface area (Å²) in [6.07, 6.45) is 4.87. The van der Waals surface area contributed by atoms with Crippen LogP contribution in [0, 0.1) is 0 Å². The van der Waals surface area contributed by atoms with Crippen LogP contribution in [0.15, 0.2) is 35.1 Å². The second-order valence-electron chi connectivity index (χ2n) is 5.45. The lowest BCUT2D eigenvalue weighted by atomic mass is 10.1. The average molecular weight is 296 g/mol. The first-order chi connectivity index (χ1) is 10.6. The molecule has 22 heavy (non-hydrogen) atoms. The van der Waals surface area contributed by atoms with Gasteiger partial charge in [-0.15, -0.1) is 0 Å². The zero-order chi connectivity index (χ0) is 15.9. The maximum Gasteiger partial charge on any atom is 0.277 e. The summed E-state index contributed by atoms with van der Waals surface area (Å²) in [6, 6.07) is 6.39. The van der Waals surface area contributed by atoms with Crippen LogP contribution in [0.25, 0.3) is 17.0 Å². The number of H-pyrrole nitrogens is 1. The molecule has 1 saturated heterocycles. The third-order valence-corrected chi connectivity index (χ3v) is 4.16. The van der Waals surface area contributed by atoms with Crippen molar-refractivity contribution in [2.24, 2.45) is 4.99 Å². The number of hydrogen-bond donors (Lipinski definition) is 1. The maximum atomic E-state index is 12.4. The zero-order valence-corrected chi connectivity index (χ0v) is 13.3. The standard InChI is InChI=1S/C17H20N4O/c1-5-11-6-7-13-12(10-19-14(13)8-11)9-15-16(22)21(4)17(18-2)20(15)3/h6-10,19H,5H2,1-4H3/b15-9+,18-17-. The molecule has 1 aliphatic rings. The number of likely N-dealkylation sites (N-methyl/N-ethyl adjacent to an activating group) is 2. The van der Waals surface area contributed by atoms with Crippen molar-refractivity contribution in [1.82, 2.24) is 14.8 Å². The van der Waals surface area contributed by atoms with Gasteiger partial charge in [-0.1, -0.05) is 19.1 Å². The number of rotatable bonds is 2. The number of fused-ring (bicyclic) bond motifs is 1. The second kappa shape index (κ2) is 5.33. The number of nitrogens with one attached hydrogen (secondary N) is 1. The van der Waals surface area contributed by atoms with Crippen LogP contribution in [0.1, 0.15) is 18.1 Å². The van der Waals surface area contributed by atoms with Gasteiger partial charge in [-0.25, -0.2) is 0 Å². The van der Waals surface area contributed by atoms with Crippen molar-refractivity contribution in [1.29, 1.82) is 0 Å². The molecule has 1 amide bonds. The highest BCUT2D eigenvalue weighted by molar-refractivity contribution is 6.15. The Morgan fingerprint density at radius 1 is 1.27 bits per heavy atom. The van der Waals surface area contributed by atoms with E-state index in [9.17, 15) is 4.79 Å². The molecule has 0 unspecified atom stereocenters. The normalized spacial score (nSPS) is 19.2. The highest BCUT2D eigenvalue weighted by atomic mass is 16.2. The lowest BCUT2D eigenvalue weighted by molar-refractivity contribution is -0.121. The Morgan fingerprint density at radius 2 is 2.05 bits per heavy atom. The predicted molar refractivity (Wildman–Crippen MR) is 89.5 cm³/mol. The minimum absolute atomic E-state index is 0.0392. The van der Waals surface area contributed by atoms with E-state index in [1.54, 1.807) is 19.0 Å². The molecule has 1 aliphatic heterocycles. The summed E-state index contributed by atoms with van der Waals surface area (Å²) in [4.78, 5) is 23.2. The lowest BCUT2D eigenvalue weighted by Gasteiger charge is -2.12. The van der Waals surface area contributed by atoms with Gasteiger partial charge in [-0.2, -0.15) is 0 Å². The fourth-order valence-corrected chi connectivity index (χ4v) is 2.88. The van der Waals surface area contributed by atoms with Gasteiger partial charge in [0.2, 0.25) is 5.96 Å². The van der Waals surface area contributed by atoms with Crippen molar-refractivity contribution >= 4 is 28.8 Å². The Morgan fingerprint density at radius 3 is 2.68 bits per heavy atom. The number of aromatic nitrogens is 1. The third kappa shape index (κ3) is 2.09. The number of aryl methyl sites for hydroxylation is 1. The molecule has 1 aromatic heterocycles. The van der Waals surface area contributed by atoms with E-state index in [-0.39, 0.29) is 5.91 Å². The number of guanidine groups is 1. The van der Waals surface area contributed by atoms with Crippen LogP contribution in [-0.4, -0.2) is 47.8 Å².